The summed E-state index contributed by atoms with van der Waals surface area (Å²) in [5.41, 5.74) is -0.744. The van der Waals surface area contributed by atoms with Crippen LogP contribution in [-0.2, 0) is 4.79 Å². The summed E-state index contributed by atoms with van der Waals surface area (Å²) in [7, 11) is 2.08. The van der Waals surface area contributed by atoms with Crippen molar-refractivity contribution in [3.63, 3.8) is 0 Å². The standard InChI is InChI=1S/C15H27N3O3/c1-3-12-10-18(9-8-17(12)2)14(21)16-11-15(13(19)20)6-4-5-7-15/h12H,3-11H2,1-2H3,(H,16,21)(H,19,20). The maximum Gasteiger partial charge on any atom is 0.317 e. The second-order valence-corrected chi connectivity index (χ2v) is 6.44. The van der Waals surface area contributed by atoms with Gasteiger partial charge in [-0.3, -0.25) is 9.69 Å². The van der Waals surface area contributed by atoms with Crippen molar-refractivity contribution >= 4 is 12.0 Å². The fraction of sp³-hybridized carbons (Fsp3) is 0.867. The first kappa shape index (κ1) is 16.1. The molecule has 1 atom stereocenters. The summed E-state index contributed by atoms with van der Waals surface area (Å²) in [5.74, 6) is -0.773. The molecule has 2 amide bonds. The van der Waals surface area contributed by atoms with Gasteiger partial charge in [0.2, 0.25) is 0 Å². The number of nitrogens with zero attached hydrogens (tertiary/aromatic N) is 2. The highest BCUT2D eigenvalue weighted by atomic mass is 16.4. The lowest BCUT2D eigenvalue weighted by Gasteiger charge is -2.39. The SMILES string of the molecule is CCC1CN(C(=O)NCC2(C(=O)O)CCCC2)CCN1C. The molecule has 1 saturated carbocycles. The molecule has 1 aliphatic heterocycles. The van der Waals surface area contributed by atoms with E-state index in [0.29, 0.717) is 25.4 Å². The number of amides is 2. The predicted octanol–water partition coefficient (Wildman–Crippen LogP) is 1.37. The molecule has 2 aliphatic rings. The number of carbonyl (C=O) groups excluding carboxylic acids is 1. The number of likely N-dealkylation sites (N-methyl/N-ethyl adjacent to an activating group) is 1. The second-order valence-electron chi connectivity index (χ2n) is 6.44. The van der Waals surface area contributed by atoms with Crippen LogP contribution in [0.15, 0.2) is 0 Å². The van der Waals surface area contributed by atoms with Crippen LogP contribution in [0.2, 0.25) is 0 Å². The number of hydrogen-bond donors (Lipinski definition) is 2. The van der Waals surface area contributed by atoms with Crippen LogP contribution in [-0.4, -0.2) is 66.2 Å². The molecule has 2 N–H and O–H groups in total. The summed E-state index contributed by atoms with van der Waals surface area (Å²) in [6.45, 7) is 4.68. The van der Waals surface area contributed by atoms with Crippen LogP contribution in [0, 0.1) is 5.41 Å². The maximum atomic E-state index is 12.3. The molecule has 1 heterocycles. The molecule has 0 bridgehead atoms. The number of rotatable bonds is 4. The maximum absolute atomic E-state index is 12.3. The molecule has 0 aromatic rings. The quantitative estimate of drug-likeness (QED) is 0.822. The van der Waals surface area contributed by atoms with Crippen molar-refractivity contribution in [1.82, 2.24) is 15.1 Å². The van der Waals surface area contributed by atoms with E-state index in [1.807, 2.05) is 4.90 Å². The van der Waals surface area contributed by atoms with E-state index in [4.69, 9.17) is 0 Å². The predicted molar refractivity (Wildman–Crippen MR) is 80.2 cm³/mol. The van der Waals surface area contributed by atoms with Gasteiger partial charge in [0.05, 0.1) is 5.41 Å². The van der Waals surface area contributed by atoms with Crippen LogP contribution >= 0.6 is 0 Å². The number of carbonyl (C=O) groups is 2. The van der Waals surface area contributed by atoms with Crippen LogP contribution in [0.4, 0.5) is 4.79 Å². The molecule has 2 fully saturated rings. The fourth-order valence-corrected chi connectivity index (χ4v) is 3.45. The van der Waals surface area contributed by atoms with E-state index in [2.05, 4.69) is 24.2 Å². The molecule has 120 valence electrons. The van der Waals surface area contributed by atoms with Gasteiger partial charge in [-0.15, -0.1) is 0 Å². The summed E-state index contributed by atoms with van der Waals surface area (Å²) in [5, 5.41) is 12.3. The van der Waals surface area contributed by atoms with E-state index in [9.17, 15) is 14.7 Å². The van der Waals surface area contributed by atoms with Crippen molar-refractivity contribution in [2.24, 2.45) is 5.41 Å². The normalized spacial score (nSPS) is 25.8. The van der Waals surface area contributed by atoms with Gasteiger partial charge in [0, 0.05) is 32.2 Å². The van der Waals surface area contributed by atoms with Gasteiger partial charge in [-0.05, 0) is 26.3 Å². The zero-order valence-corrected chi connectivity index (χ0v) is 13.1. The minimum absolute atomic E-state index is 0.117. The molecule has 1 aliphatic carbocycles. The fourth-order valence-electron chi connectivity index (χ4n) is 3.45. The Kier molecular flexibility index (Phi) is 5.08. The molecule has 6 nitrogen and oxygen atoms in total. The lowest BCUT2D eigenvalue weighted by atomic mass is 9.86. The Morgan fingerprint density at radius 3 is 2.52 bits per heavy atom. The van der Waals surface area contributed by atoms with Crippen molar-refractivity contribution in [1.29, 1.82) is 0 Å². The summed E-state index contributed by atoms with van der Waals surface area (Å²) in [4.78, 5) is 27.9. The minimum atomic E-state index is -0.773. The van der Waals surface area contributed by atoms with Crippen molar-refractivity contribution in [3.8, 4) is 0 Å². The molecule has 1 saturated heterocycles. The lowest BCUT2D eigenvalue weighted by molar-refractivity contribution is -0.148. The number of hydrogen-bond acceptors (Lipinski definition) is 3. The first-order valence-electron chi connectivity index (χ1n) is 7.95. The smallest absolute Gasteiger partial charge is 0.317 e. The summed E-state index contributed by atoms with van der Waals surface area (Å²) in [6, 6.07) is 0.276. The van der Waals surface area contributed by atoms with Crippen molar-refractivity contribution < 1.29 is 14.7 Å². The molecular weight excluding hydrogens is 270 g/mol. The Bertz CT molecular complexity index is 394. The van der Waals surface area contributed by atoms with Gasteiger partial charge in [0.1, 0.15) is 0 Å². The zero-order valence-electron chi connectivity index (χ0n) is 13.1. The van der Waals surface area contributed by atoms with Crippen LogP contribution < -0.4 is 5.32 Å². The van der Waals surface area contributed by atoms with Gasteiger partial charge in [0.15, 0.2) is 0 Å². The van der Waals surface area contributed by atoms with Crippen molar-refractivity contribution in [2.45, 2.75) is 45.1 Å². The van der Waals surface area contributed by atoms with E-state index in [1.165, 1.54) is 0 Å². The Hall–Kier alpha value is -1.30. The topological polar surface area (TPSA) is 72.9 Å². The first-order chi connectivity index (χ1) is 9.98. The first-order valence-corrected chi connectivity index (χ1v) is 7.95. The van der Waals surface area contributed by atoms with Crippen LogP contribution in [0.5, 0.6) is 0 Å². The number of aliphatic carboxylic acids is 1. The summed E-state index contributed by atoms with van der Waals surface area (Å²) >= 11 is 0. The van der Waals surface area contributed by atoms with Crippen molar-refractivity contribution in [3.05, 3.63) is 0 Å². The Labute approximate surface area is 126 Å². The highest BCUT2D eigenvalue weighted by Gasteiger charge is 2.41. The highest BCUT2D eigenvalue weighted by Crippen LogP contribution is 2.37. The third-order valence-corrected chi connectivity index (χ3v) is 5.13. The molecule has 2 rings (SSSR count). The van der Waals surface area contributed by atoms with Crippen LogP contribution in [0.1, 0.15) is 39.0 Å². The van der Waals surface area contributed by atoms with Gasteiger partial charge in [0.25, 0.3) is 0 Å². The second kappa shape index (κ2) is 6.64. The minimum Gasteiger partial charge on any atom is -0.481 e. The molecule has 21 heavy (non-hydrogen) atoms. The molecule has 0 spiro atoms. The number of carboxylic acid groups (broad SMARTS) is 1. The highest BCUT2D eigenvalue weighted by molar-refractivity contribution is 5.78. The molecule has 0 aromatic carbocycles. The van der Waals surface area contributed by atoms with E-state index in [0.717, 1.165) is 32.4 Å². The van der Waals surface area contributed by atoms with Gasteiger partial charge >= 0.3 is 12.0 Å². The van der Waals surface area contributed by atoms with E-state index >= 15 is 0 Å². The largest absolute Gasteiger partial charge is 0.481 e. The number of carboxylic acids is 1. The number of piperazine rings is 1. The average Bonchev–Trinajstić information content (AvgIpc) is 2.95. The van der Waals surface area contributed by atoms with Gasteiger partial charge in [-0.25, -0.2) is 4.79 Å². The van der Waals surface area contributed by atoms with Gasteiger partial charge in [-0.1, -0.05) is 19.8 Å². The Morgan fingerprint density at radius 2 is 1.95 bits per heavy atom. The van der Waals surface area contributed by atoms with Gasteiger partial charge < -0.3 is 15.3 Å². The molecule has 6 heteroatoms. The average molecular weight is 297 g/mol. The van der Waals surface area contributed by atoms with E-state index in [1.54, 1.807) is 0 Å². The molecule has 0 aromatic heterocycles. The third kappa shape index (κ3) is 3.48. The Balaban J connectivity index is 1.88. The van der Waals surface area contributed by atoms with Gasteiger partial charge in [-0.2, -0.15) is 0 Å². The Morgan fingerprint density at radius 1 is 1.29 bits per heavy atom. The number of urea groups is 1. The summed E-state index contributed by atoms with van der Waals surface area (Å²) < 4.78 is 0. The molecule has 0 radical (unpaired) electrons. The van der Waals surface area contributed by atoms with Crippen LogP contribution in [0.25, 0.3) is 0 Å². The lowest BCUT2D eigenvalue weighted by Crippen LogP contribution is -2.56. The molecule has 1 unspecified atom stereocenters. The zero-order chi connectivity index (χ0) is 15.5. The van der Waals surface area contributed by atoms with E-state index in [-0.39, 0.29) is 12.6 Å². The third-order valence-electron chi connectivity index (χ3n) is 5.13. The monoisotopic (exact) mass is 297 g/mol. The van der Waals surface area contributed by atoms with E-state index < -0.39 is 11.4 Å². The molecular formula is C15H27N3O3. The number of nitrogens with one attached hydrogen (secondary N) is 1. The van der Waals surface area contributed by atoms with Crippen LogP contribution in [0.3, 0.4) is 0 Å². The van der Waals surface area contributed by atoms with Crippen molar-refractivity contribution in [2.75, 3.05) is 33.2 Å². The summed E-state index contributed by atoms with van der Waals surface area (Å²) in [6.07, 6.45) is 4.23.